The van der Waals surface area contributed by atoms with Gasteiger partial charge in [0, 0.05) is 19.1 Å². The lowest BCUT2D eigenvalue weighted by atomic mass is 10.1. The van der Waals surface area contributed by atoms with E-state index < -0.39 is 10.0 Å². The van der Waals surface area contributed by atoms with Crippen LogP contribution in [0.4, 0.5) is 0 Å². The van der Waals surface area contributed by atoms with E-state index in [1.54, 1.807) is 16.4 Å². The van der Waals surface area contributed by atoms with Crippen molar-refractivity contribution in [2.24, 2.45) is 5.92 Å². The van der Waals surface area contributed by atoms with Gasteiger partial charge in [-0.15, -0.1) is 0 Å². The van der Waals surface area contributed by atoms with Gasteiger partial charge in [-0.3, -0.25) is 0 Å². The maximum Gasteiger partial charge on any atom is 0.243 e. The zero-order valence-electron chi connectivity index (χ0n) is 12.0. The van der Waals surface area contributed by atoms with E-state index in [0.717, 1.165) is 18.4 Å². The van der Waals surface area contributed by atoms with Crippen LogP contribution in [0.1, 0.15) is 25.3 Å². The topological polar surface area (TPSA) is 46.6 Å². The number of aryl methyl sites for hydroxylation is 1. The fourth-order valence-corrected chi connectivity index (χ4v) is 5.18. The van der Waals surface area contributed by atoms with Crippen LogP contribution in [0.25, 0.3) is 0 Å². The molecule has 2 aliphatic rings. The minimum absolute atomic E-state index is 0.0197. The van der Waals surface area contributed by atoms with E-state index in [1.807, 2.05) is 26.0 Å². The lowest BCUT2D eigenvalue weighted by Crippen LogP contribution is -2.39. The Labute approximate surface area is 120 Å². The Hall–Kier alpha value is -0.910. The van der Waals surface area contributed by atoms with Crippen LogP contribution in [0.15, 0.2) is 29.2 Å². The minimum Gasteiger partial charge on any atom is -0.376 e. The van der Waals surface area contributed by atoms with E-state index in [4.69, 9.17) is 4.74 Å². The summed E-state index contributed by atoms with van der Waals surface area (Å²) in [6.45, 7) is 5.18. The van der Waals surface area contributed by atoms with Gasteiger partial charge in [-0.25, -0.2) is 8.42 Å². The molecule has 0 aromatic heterocycles. The molecule has 0 radical (unpaired) electrons. The molecule has 1 saturated carbocycles. The summed E-state index contributed by atoms with van der Waals surface area (Å²) >= 11 is 0. The molecule has 1 aliphatic heterocycles. The number of nitrogens with zero attached hydrogens (tertiary/aromatic N) is 1. The number of fused-ring (bicyclic) bond motifs is 2. The van der Waals surface area contributed by atoms with Gasteiger partial charge in [0.05, 0.1) is 17.0 Å². The third kappa shape index (κ3) is 2.18. The highest BCUT2D eigenvalue weighted by atomic mass is 32.2. The molecule has 1 aliphatic carbocycles. The van der Waals surface area contributed by atoms with Crippen LogP contribution in [-0.4, -0.2) is 38.0 Å². The van der Waals surface area contributed by atoms with Crippen LogP contribution in [0.2, 0.25) is 0 Å². The van der Waals surface area contributed by atoms with Crippen molar-refractivity contribution in [3.05, 3.63) is 29.8 Å². The molecule has 2 fully saturated rings. The fourth-order valence-electron chi connectivity index (χ4n) is 3.46. The van der Waals surface area contributed by atoms with Crippen molar-refractivity contribution in [2.75, 3.05) is 13.2 Å². The summed E-state index contributed by atoms with van der Waals surface area (Å²) in [4.78, 5) is 0.394. The van der Waals surface area contributed by atoms with Gasteiger partial charge in [0.1, 0.15) is 0 Å². The highest BCUT2D eigenvalue weighted by Gasteiger charge is 2.51. The van der Waals surface area contributed by atoms with E-state index >= 15 is 0 Å². The molecule has 20 heavy (non-hydrogen) atoms. The van der Waals surface area contributed by atoms with Crippen molar-refractivity contribution in [3.63, 3.8) is 0 Å². The van der Waals surface area contributed by atoms with Crippen molar-refractivity contribution >= 4 is 10.0 Å². The Morgan fingerprint density at radius 1 is 1.25 bits per heavy atom. The summed E-state index contributed by atoms with van der Waals surface area (Å²) in [6, 6.07) is 7.12. The monoisotopic (exact) mass is 295 g/mol. The average Bonchev–Trinajstić information content (AvgIpc) is 2.97. The zero-order valence-corrected chi connectivity index (χ0v) is 12.8. The van der Waals surface area contributed by atoms with Gasteiger partial charge in [0.2, 0.25) is 10.0 Å². The normalized spacial score (nSPS) is 30.0. The summed E-state index contributed by atoms with van der Waals surface area (Å²) in [5.41, 5.74) is 1.07. The van der Waals surface area contributed by atoms with Crippen molar-refractivity contribution in [3.8, 4) is 0 Å². The fraction of sp³-hybridized carbons (Fsp3) is 0.600. The maximum atomic E-state index is 12.8. The van der Waals surface area contributed by atoms with Crippen LogP contribution in [0.5, 0.6) is 0 Å². The SMILES string of the molecule is CCOC1C2CCC1N(S(=O)(=O)c1ccc(C)cc1)C2. The highest BCUT2D eigenvalue weighted by Crippen LogP contribution is 2.42. The van der Waals surface area contributed by atoms with Gasteiger partial charge >= 0.3 is 0 Å². The van der Waals surface area contributed by atoms with Gasteiger partial charge in [-0.05, 0) is 38.8 Å². The van der Waals surface area contributed by atoms with Crippen LogP contribution >= 0.6 is 0 Å². The molecule has 3 atom stereocenters. The number of hydrogen-bond donors (Lipinski definition) is 0. The molecule has 0 N–H and O–H groups in total. The molecule has 2 bridgehead atoms. The van der Waals surface area contributed by atoms with Crippen LogP contribution in [-0.2, 0) is 14.8 Å². The summed E-state index contributed by atoms with van der Waals surface area (Å²) in [5, 5.41) is 0. The van der Waals surface area contributed by atoms with Gasteiger partial charge in [0.15, 0.2) is 0 Å². The van der Waals surface area contributed by atoms with Gasteiger partial charge in [0.25, 0.3) is 0 Å². The first-order valence-corrected chi connectivity index (χ1v) is 8.68. The molecule has 0 spiro atoms. The molecule has 0 amide bonds. The third-order valence-corrected chi connectivity index (χ3v) is 6.35. The molecule has 1 saturated heterocycles. The molecule has 5 heteroatoms. The second-order valence-electron chi connectivity index (χ2n) is 5.71. The lowest BCUT2D eigenvalue weighted by Gasteiger charge is -2.26. The molecule has 3 unspecified atom stereocenters. The second-order valence-corrected chi connectivity index (χ2v) is 7.60. The van der Waals surface area contributed by atoms with E-state index in [9.17, 15) is 8.42 Å². The maximum absolute atomic E-state index is 12.8. The third-order valence-electron chi connectivity index (χ3n) is 4.45. The second kappa shape index (κ2) is 5.13. The number of benzene rings is 1. The molecule has 4 nitrogen and oxygen atoms in total. The minimum atomic E-state index is -3.38. The zero-order chi connectivity index (χ0) is 14.3. The van der Waals surface area contributed by atoms with E-state index in [-0.39, 0.29) is 12.1 Å². The number of piperidine rings is 1. The quantitative estimate of drug-likeness (QED) is 0.855. The Kier molecular flexibility index (Phi) is 3.60. The molecule has 3 rings (SSSR count). The molecule has 1 heterocycles. The van der Waals surface area contributed by atoms with Crippen LogP contribution in [0.3, 0.4) is 0 Å². The van der Waals surface area contributed by atoms with Gasteiger partial charge in [-0.2, -0.15) is 4.31 Å². The van der Waals surface area contributed by atoms with Gasteiger partial charge < -0.3 is 4.74 Å². The number of hydrogen-bond acceptors (Lipinski definition) is 3. The van der Waals surface area contributed by atoms with E-state index in [1.165, 1.54) is 0 Å². The van der Waals surface area contributed by atoms with Crippen LogP contribution in [0, 0.1) is 12.8 Å². The molecule has 110 valence electrons. The number of ether oxygens (including phenoxy) is 1. The first-order chi connectivity index (χ1) is 9.54. The average molecular weight is 295 g/mol. The van der Waals surface area contributed by atoms with Crippen LogP contribution < -0.4 is 0 Å². The Bertz CT molecular complexity index is 582. The van der Waals surface area contributed by atoms with E-state index in [0.29, 0.717) is 24.0 Å². The number of sulfonamides is 1. The molecular formula is C15H21NO3S. The predicted octanol–water partition coefficient (Wildman–Crippen LogP) is 2.18. The summed E-state index contributed by atoms with van der Waals surface area (Å²) in [7, 11) is -3.38. The Morgan fingerprint density at radius 2 is 1.95 bits per heavy atom. The smallest absolute Gasteiger partial charge is 0.243 e. The highest BCUT2D eigenvalue weighted by molar-refractivity contribution is 7.89. The molecule has 1 aromatic carbocycles. The van der Waals surface area contributed by atoms with Crippen molar-refractivity contribution < 1.29 is 13.2 Å². The predicted molar refractivity (Wildman–Crippen MR) is 77.0 cm³/mol. The standard InChI is InChI=1S/C15H21NO3S/c1-3-19-15-12-6-9-14(15)16(10-12)20(17,18)13-7-4-11(2)5-8-13/h4-5,7-8,12,14-15H,3,6,9-10H2,1-2H3. The van der Waals surface area contributed by atoms with E-state index in [2.05, 4.69) is 0 Å². The molecule has 1 aromatic rings. The Morgan fingerprint density at radius 3 is 2.60 bits per heavy atom. The van der Waals surface area contributed by atoms with Gasteiger partial charge in [-0.1, -0.05) is 17.7 Å². The summed E-state index contributed by atoms with van der Waals surface area (Å²) < 4.78 is 32.9. The first kappa shape index (κ1) is 14.0. The number of rotatable bonds is 4. The van der Waals surface area contributed by atoms with Crippen molar-refractivity contribution in [1.29, 1.82) is 0 Å². The van der Waals surface area contributed by atoms with Crippen molar-refractivity contribution in [1.82, 2.24) is 4.31 Å². The lowest BCUT2D eigenvalue weighted by molar-refractivity contribution is 0.0425. The molecular weight excluding hydrogens is 274 g/mol. The Balaban J connectivity index is 1.88. The first-order valence-electron chi connectivity index (χ1n) is 7.24. The summed E-state index contributed by atoms with van der Waals surface area (Å²) in [5.74, 6) is 0.361. The van der Waals surface area contributed by atoms with Crippen molar-refractivity contribution in [2.45, 2.75) is 43.7 Å². The summed E-state index contributed by atoms with van der Waals surface area (Å²) in [6.07, 6.45) is 2.08. The largest absolute Gasteiger partial charge is 0.376 e.